The van der Waals surface area contributed by atoms with Crippen molar-refractivity contribution in [1.29, 1.82) is 0 Å². The van der Waals surface area contributed by atoms with Gasteiger partial charge in [-0.2, -0.15) is 0 Å². The Labute approximate surface area is 164 Å². The van der Waals surface area contributed by atoms with Crippen LogP contribution in [0.3, 0.4) is 0 Å². The van der Waals surface area contributed by atoms with Gasteiger partial charge >= 0.3 is 6.09 Å². The summed E-state index contributed by atoms with van der Waals surface area (Å²) in [5.41, 5.74) is 1.59. The first-order valence-electron chi connectivity index (χ1n) is 9.11. The zero-order valence-electron chi connectivity index (χ0n) is 16.2. The van der Waals surface area contributed by atoms with E-state index >= 15 is 0 Å². The fourth-order valence-corrected chi connectivity index (χ4v) is 2.52. The lowest BCUT2D eigenvalue weighted by Gasteiger charge is -2.21. The molecule has 0 aromatic heterocycles. The van der Waals surface area contributed by atoms with Crippen molar-refractivity contribution in [2.75, 3.05) is 17.2 Å². The van der Waals surface area contributed by atoms with E-state index in [1.807, 2.05) is 19.9 Å². The third kappa shape index (κ3) is 6.12. The summed E-state index contributed by atoms with van der Waals surface area (Å²) < 4.78 is 4.85. The van der Waals surface area contributed by atoms with Gasteiger partial charge < -0.3 is 20.7 Å². The molecule has 7 nitrogen and oxygen atoms in total. The molecule has 0 saturated heterocycles. The number of hydrogen-bond donors (Lipinski definition) is 3. The van der Waals surface area contributed by atoms with Crippen LogP contribution >= 0.6 is 0 Å². The van der Waals surface area contributed by atoms with Gasteiger partial charge in [-0.05, 0) is 43.2 Å². The number of nitrogens with one attached hydrogen (secondary N) is 3. The van der Waals surface area contributed by atoms with Crippen LogP contribution in [0.15, 0.2) is 54.6 Å². The number of amides is 3. The summed E-state index contributed by atoms with van der Waals surface area (Å²) in [7, 11) is 0. The predicted molar refractivity (Wildman–Crippen MR) is 108 cm³/mol. The van der Waals surface area contributed by atoms with Crippen LogP contribution in [0.4, 0.5) is 16.2 Å². The van der Waals surface area contributed by atoms with E-state index in [1.165, 1.54) is 0 Å². The molecular formula is C21H25N3O4. The molecule has 28 heavy (non-hydrogen) atoms. The van der Waals surface area contributed by atoms with Crippen molar-refractivity contribution in [2.45, 2.75) is 26.8 Å². The van der Waals surface area contributed by atoms with Gasteiger partial charge in [0.1, 0.15) is 6.04 Å². The molecule has 0 radical (unpaired) electrons. The monoisotopic (exact) mass is 383 g/mol. The molecule has 0 aliphatic rings. The van der Waals surface area contributed by atoms with Gasteiger partial charge in [-0.3, -0.25) is 9.59 Å². The van der Waals surface area contributed by atoms with Crippen molar-refractivity contribution in [1.82, 2.24) is 5.32 Å². The number of hydrogen-bond acceptors (Lipinski definition) is 4. The van der Waals surface area contributed by atoms with E-state index < -0.39 is 12.1 Å². The van der Waals surface area contributed by atoms with E-state index in [0.717, 1.165) is 0 Å². The minimum absolute atomic E-state index is 0.134. The summed E-state index contributed by atoms with van der Waals surface area (Å²) >= 11 is 0. The minimum Gasteiger partial charge on any atom is -0.450 e. The average Bonchev–Trinajstić information content (AvgIpc) is 2.67. The van der Waals surface area contributed by atoms with Crippen LogP contribution in [0.1, 0.15) is 31.1 Å². The number of benzene rings is 2. The zero-order chi connectivity index (χ0) is 20.5. The van der Waals surface area contributed by atoms with E-state index in [0.29, 0.717) is 16.9 Å². The zero-order valence-corrected chi connectivity index (χ0v) is 16.2. The second kappa shape index (κ2) is 10.1. The first-order valence-corrected chi connectivity index (χ1v) is 9.11. The van der Waals surface area contributed by atoms with Crippen LogP contribution in [0.2, 0.25) is 0 Å². The highest BCUT2D eigenvalue weighted by atomic mass is 16.5. The summed E-state index contributed by atoms with van der Waals surface area (Å²) in [4.78, 5) is 36.5. The molecule has 3 N–H and O–H groups in total. The van der Waals surface area contributed by atoms with Gasteiger partial charge in [0.15, 0.2) is 0 Å². The van der Waals surface area contributed by atoms with Gasteiger partial charge in [0.25, 0.3) is 5.91 Å². The molecule has 0 heterocycles. The van der Waals surface area contributed by atoms with Crippen molar-refractivity contribution < 1.29 is 19.1 Å². The molecule has 0 bridgehead atoms. The van der Waals surface area contributed by atoms with Crippen molar-refractivity contribution >= 4 is 29.3 Å². The predicted octanol–water partition coefficient (Wildman–Crippen LogP) is 3.65. The first-order chi connectivity index (χ1) is 13.4. The summed E-state index contributed by atoms with van der Waals surface area (Å²) in [6, 6.07) is 14.9. The molecule has 1 atom stereocenters. The molecule has 0 aliphatic heterocycles. The average molecular weight is 383 g/mol. The summed E-state index contributed by atoms with van der Waals surface area (Å²) in [5.74, 6) is -0.743. The van der Waals surface area contributed by atoms with Crippen LogP contribution in [-0.2, 0) is 9.53 Å². The third-order valence-corrected chi connectivity index (χ3v) is 3.92. The molecule has 0 aliphatic carbocycles. The molecule has 0 saturated carbocycles. The van der Waals surface area contributed by atoms with Crippen molar-refractivity contribution in [3.05, 3.63) is 60.2 Å². The van der Waals surface area contributed by atoms with Crippen molar-refractivity contribution in [3.63, 3.8) is 0 Å². The van der Waals surface area contributed by atoms with Gasteiger partial charge in [0.2, 0.25) is 5.91 Å². The first kappa shape index (κ1) is 21.0. The Bertz CT molecular complexity index is 821. The fourth-order valence-electron chi connectivity index (χ4n) is 2.52. The van der Waals surface area contributed by atoms with Crippen LogP contribution in [-0.4, -0.2) is 30.6 Å². The van der Waals surface area contributed by atoms with Gasteiger partial charge in [-0.1, -0.05) is 38.1 Å². The number of rotatable bonds is 7. The lowest BCUT2D eigenvalue weighted by atomic mass is 10.0. The minimum atomic E-state index is -0.749. The standard InChI is InChI=1S/C21H25N3O4/c1-4-28-21(27)24-18(14(2)3)20(26)23-17-12-8-11-16(13-17)22-19(25)15-9-6-5-7-10-15/h5-14,18H,4H2,1-3H3,(H,22,25)(H,23,26)(H,24,27). The summed E-state index contributed by atoms with van der Waals surface area (Å²) in [6.07, 6.45) is -0.639. The molecule has 148 valence electrons. The largest absolute Gasteiger partial charge is 0.450 e. The molecule has 0 fully saturated rings. The Morgan fingerprint density at radius 1 is 0.929 bits per heavy atom. The van der Waals surface area contributed by atoms with Gasteiger partial charge in [0.05, 0.1) is 6.61 Å². The van der Waals surface area contributed by atoms with E-state index in [4.69, 9.17) is 4.74 Å². The van der Waals surface area contributed by atoms with E-state index in [2.05, 4.69) is 16.0 Å². The molecule has 2 aromatic carbocycles. The smallest absolute Gasteiger partial charge is 0.407 e. The molecular weight excluding hydrogens is 358 g/mol. The maximum atomic E-state index is 12.6. The van der Waals surface area contributed by atoms with Crippen LogP contribution in [0.25, 0.3) is 0 Å². The lowest BCUT2D eigenvalue weighted by Crippen LogP contribution is -2.47. The Kier molecular flexibility index (Phi) is 7.56. The Hall–Kier alpha value is -3.35. The molecule has 3 amide bonds. The SMILES string of the molecule is CCOC(=O)NC(C(=O)Nc1cccc(NC(=O)c2ccccc2)c1)C(C)C. The van der Waals surface area contributed by atoms with Gasteiger partial charge in [-0.25, -0.2) is 4.79 Å². The highest BCUT2D eigenvalue weighted by molar-refractivity contribution is 6.04. The number of carbonyl (C=O) groups excluding carboxylic acids is 3. The van der Waals surface area contributed by atoms with Crippen LogP contribution in [0.5, 0.6) is 0 Å². The number of alkyl carbamates (subject to hydrolysis) is 1. The number of ether oxygens (including phenoxy) is 1. The van der Waals surface area contributed by atoms with Crippen molar-refractivity contribution in [3.8, 4) is 0 Å². The Morgan fingerprint density at radius 3 is 2.18 bits per heavy atom. The molecule has 2 rings (SSSR count). The van der Waals surface area contributed by atoms with Crippen molar-refractivity contribution in [2.24, 2.45) is 5.92 Å². The van der Waals surface area contributed by atoms with E-state index in [9.17, 15) is 14.4 Å². The lowest BCUT2D eigenvalue weighted by molar-refractivity contribution is -0.119. The fraction of sp³-hybridized carbons (Fsp3) is 0.286. The van der Waals surface area contributed by atoms with E-state index in [1.54, 1.807) is 55.5 Å². The third-order valence-electron chi connectivity index (χ3n) is 3.92. The number of anilines is 2. The molecule has 1 unspecified atom stereocenters. The molecule has 0 spiro atoms. The Morgan fingerprint density at radius 2 is 1.57 bits per heavy atom. The second-order valence-corrected chi connectivity index (χ2v) is 6.48. The van der Waals surface area contributed by atoms with Crippen LogP contribution < -0.4 is 16.0 Å². The van der Waals surface area contributed by atoms with Gasteiger partial charge in [-0.15, -0.1) is 0 Å². The summed E-state index contributed by atoms with van der Waals surface area (Å²) in [5, 5.41) is 8.12. The highest BCUT2D eigenvalue weighted by Crippen LogP contribution is 2.17. The Balaban J connectivity index is 2.05. The molecule has 2 aromatic rings. The maximum Gasteiger partial charge on any atom is 0.407 e. The second-order valence-electron chi connectivity index (χ2n) is 6.48. The topological polar surface area (TPSA) is 96.5 Å². The highest BCUT2D eigenvalue weighted by Gasteiger charge is 2.24. The van der Waals surface area contributed by atoms with Gasteiger partial charge in [0, 0.05) is 16.9 Å². The normalized spacial score (nSPS) is 11.4. The molecule has 7 heteroatoms. The quantitative estimate of drug-likeness (QED) is 0.680. The van der Waals surface area contributed by atoms with Crippen LogP contribution in [0, 0.1) is 5.92 Å². The summed E-state index contributed by atoms with van der Waals surface area (Å²) in [6.45, 7) is 5.57. The van der Waals surface area contributed by atoms with E-state index in [-0.39, 0.29) is 24.3 Å². The number of carbonyl (C=O) groups is 3. The maximum absolute atomic E-state index is 12.6.